The average molecular weight is 485 g/mol. The van der Waals surface area contributed by atoms with Gasteiger partial charge in [-0.3, -0.25) is 4.79 Å². The zero-order valence-corrected chi connectivity index (χ0v) is 22.3. The molecule has 1 atom stereocenters. The lowest BCUT2D eigenvalue weighted by molar-refractivity contribution is -0.137. The molecule has 35 heavy (non-hydrogen) atoms. The lowest BCUT2D eigenvalue weighted by Crippen LogP contribution is -1.98. The maximum atomic E-state index is 10.4. The summed E-state index contributed by atoms with van der Waals surface area (Å²) in [6, 6.07) is 0. The van der Waals surface area contributed by atoms with Gasteiger partial charge in [-0.2, -0.15) is 0 Å². The highest BCUT2D eigenvalue weighted by atomic mass is 16.4. The van der Waals surface area contributed by atoms with Crippen molar-refractivity contribution in [3.63, 3.8) is 0 Å². The van der Waals surface area contributed by atoms with Gasteiger partial charge in [0.15, 0.2) is 0 Å². The monoisotopic (exact) mass is 484 g/mol. The van der Waals surface area contributed by atoms with Crippen LogP contribution in [0.2, 0.25) is 0 Å². The van der Waals surface area contributed by atoms with Crippen LogP contribution in [-0.4, -0.2) is 22.3 Å². The third-order valence-corrected chi connectivity index (χ3v) is 5.69. The summed E-state index contributed by atoms with van der Waals surface area (Å²) in [5, 5.41) is 18.4. The molecule has 0 radical (unpaired) electrons. The van der Waals surface area contributed by atoms with Gasteiger partial charge >= 0.3 is 5.97 Å². The van der Waals surface area contributed by atoms with Crippen molar-refractivity contribution in [2.75, 3.05) is 0 Å². The van der Waals surface area contributed by atoms with Crippen LogP contribution >= 0.6 is 0 Å². The van der Waals surface area contributed by atoms with Gasteiger partial charge in [0.1, 0.15) is 0 Å². The van der Waals surface area contributed by atoms with Crippen LogP contribution in [0.5, 0.6) is 0 Å². The Morgan fingerprint density at radius 2 is 1.14 bits per heavy atom. The van der Waals surface area contributed by atoms with Crippen molar-refractivity contribution in [1.29, 1.82) is 0 Å². The normalized spacial score (nSPS) is 13.7. The van der Waals surface area contributed by atoms with Crippen LogP contribution in [0.1, 0.15) is 116 Å². The summed E-state index contributed by atoms with van der Waals surface area (Å²) >= 11 is 0. The largest absolute Gasteiger partial charge is 0.481 e. The van der Waals surface area contributed by atoms with E-state index < -0.39 is 12.1 Å². The van der Waals surface area contributed by atoms with Gasteiger partial charge in [-0.25, -0.2) is 0 Å². The molecule has 2 N–H and O–H groups in total. The van der Waals surface area contributed by atoms with Gasteiger partial charge in [-0.1, -0.05) is 131 Å². The molecule has 0 aliphatic heterocycles. The average Bonchev–Trinajstić information content (AvgIpc) is 2.84. The minimum atomic E-state index is -0.668. The third kappa shape index (κ3) is 29.8. The number of allylic oxidation sites excluding steroid dienone is 10. The molecular weight excluding hydrogens is 432 g/mol. The van der Waals surface area contributed by atoms with Crippen molar-refractivity contribution in [1.82, 2.24) is 0 Å². The second-order valence-corrected chi connectivity index (χ2v) is 9.09. The van der Waals surface area contributed by atoms with E-state index in [1.54, 1.807) is 0 Å². The maximum Gasteiger partial charge on any atom is 0.303 e. The van der Waals surface area contributed by atoms with E-state index in [1.807, 2.05) is 24.3 Å². The van der Waals surface area contributed by atoms with Gasteiger partial charge in [0, 0.05) is 6.42 Å². The summed E-state index contributed by atoms with van der Waals surface area (Å²) in [7, 11) is 0. The Balaban J connectivity index is 3.44. The topological polar surface area (TPSA) is 57.5 Å². The van der Waals surface area contributed by atoms with Crippen molar-refractivity contribution in [3.05, 3.63) is 72.9 Å². The molecule has 0 fully saturated rings. The molecule has 0 aromatic carbocycles. The Labute approximate surface area is 216 Å². The fraction of sp³-hybridized carbons (Fsp3) is 0.594. The van der Waals surface area contributed by atoms with Gasteiger partial charge < -0.3 is 10.2 Å². The number of aliphatic hydroxyl groups excluding tert-OH is 1. The molecule has 3 heteroatoms. The standard InChI is InChI=1S/C32H52O3/c1-2-3-25-28-31(33)29-26-23-21-19-17-15-13-11-9-7-5-4-6-8-10-12-14-16-18-20-22-24-27-30-32(34)35/h3-5,9,11,15,17,21,23,25-26,29,31,33H,2,6-8,10,12-14,16,18-20,22,24,27-28,30H2,1H3,(H,34,35)/b5-4-,11-9-,17-15-,23-21-,25-3-,29-26+/t31-/m0/s1. The summed E-state index contributed by atoms with van der Waals surface area (Å²) in [5.41, 5.74) is 0. The van der Waals surface area contributed by atoms with Crippen LogP contribution < -0.4 is 0 Å². The predicted octanol–water partition coefficient (Wildman–Crippen LogP) is 9.42. The van der Waals surface area contributed by atoms with Crippen LogP contribution in [0.3, 0.4) is 0 Å². The summed E-state index contributed by atoms with van der Waals surface area (Å²) in [6.45, 7) is 2.09. The van der Waals surface area contributed by atoms with Crippen LogP contribution in [0, 0.1) is 0 Å². The molecule has 0 saturated heterocycles. The Kier molecular flexibility index (Phi) is 26.4. The number of carbonyl (C=O) groups is 1. The number of hydrogen-bond donors (Lipinski definition) is 2. The van der Waals surface area contributed by atoms with Crippen LogP contribution in [0.25, 0.3) is 0 Å². The van der Waals surface area contributed by atoms with Gasteiger partial charge in [0.25, 0.3) is 0 Å². The molecule has 0 rings (SSSR count). The van der Waals surface area contributed by atoms with E-state index in [9.17, 15) is 9.90 Å². The lowest BCUT2D eigenvalue weighted by atomic mass is 10.1. The lowest BCUT2D eigenvalue weighted by Gasteiger charge is -2.01. The highest BCUT2D eigenvalue weighted by Crippen LogP contribution is 2.12. The SMILES string of the molecule is CC/C=C\C[C@H](O)/C=C/C=C\C/C=C\C/C=C\C/C=C\CCCCCCCCCCCCC(=O)O. The van der Waals surface area contributed by atoms with E-state index >= 15 is 0 Å². The van der Waals surface area contributed by atoms with Gasteiger partial charge in [0.05, 0.1) is 6.10 Å². The number of unbranched alkanes of at least 4 members (excludes halogenated alkanes) is 10. The minimum absolute atomic E-state index is 0.324. The number of carboxylic acid groups (broad SMARTS) is 1. The quantitative estimate of drug-likeness (QED) is 0.0814. The molecule has 0 amide bonds. The second-order valence-electron chi connectivity index (χ2n) is 9.09. The first kappa shape index (κ1) is 32.9. The first-order chi connectivity index (χ1) is 17.2. The van der Waals surface area contributed by atoms with E-state index in [2.05, 4.69) is 55.5 Å². The number of hydrogen-bond acceptors (Lipinski definition) is 2. The highest BCUT2D eigenvalue weighted by molar-refractivity contribution is 5.66. The fourth-order valence-electron chi connectivity index (χ4n) is 3.62. The first-order valence-electron chi connectivity index (χ1n) is 14.0. The number of carboxylic acids is 1. The molecule has 198 valence electrons. The zero-order valence-electron chi connectivity index (χ0n) is 22.3. The molecule has 0 aliphatic carbocycles. The van der Waals surface area contributed by atoms with Crippen molar-refractivity contribution < 1.29 is 15.0 Å². The molecule has 0 aromatic rings. The molecule has 0 aliphatic rings. The molecular formula is C32H52O3. The fourth-order valence-corrected chi connectivity index (χ4v) is 3.62. The second kappa shape index (κ2) is 28.1. The van der Waals surface area contributed by atoms with E-state index in [4.69, 9.17) is 5.11 Å². The maximum absolute atomic E-state index is 10.4. The Bertz CT molecular complexity index is 637. The van der Waals surface area contributed by atoms with Gasteiger partial charge in [0.2, 0.25) is 0 Å². The van der Waals surface area contributed by atoms with E-state index in [0.717, 1.165) is 38.5 Å². The number of rotatable bonds is 24. The molecule has 0 heterocycles. The van der Waals surface area contributed by atoms with Gasteiger partial charge in [-0.15, -0.1) is 0 Å². The van der Waals surface area contributed by atoms with E-state index in [-0.39, 0.29) is 0 Å². The third-order valence-electron chi connectivity index (χ3n) is 5.69. The van der Waals surface area contributed by atoms with Crippen molar-refractivity contribution in [3.8, 4) is 0 Å². The molecule has 0 saturated carbocycles. The number of aliphatic carboxylic acids is 1. The van der Waals surface area contributed by atoms with Crippen molar-refractivity contribution >= 4 is 5.97 Å². The predicted molar refractivity (Wildman–Crippen MR) is 153 cm³/mol. The Morgan fingerprint density at radius 1 is 0.629 bits per heavy atom. The first-order valence-corrected chi connectivity index (χ1v) is 14.0. The van der Waals surface area contributed by atoms with Crippen molar-refractivity contribution in [2.24, 2.45) is 0 Å². The molecule has 0 bridgehead atoms. The summed E-state index contributed by atoms with van der Waals surface area (Å²) in [6.07, 6.45) is 43.3. The van der Waals surface area contributed by atoms with E-state index in [0.29, 0.717) is 12.8 Å². The molecule has 3 nitrogen and oxygen atoms in total. The molecule has 0 aromatic heterocycles. The summed E-state index contributed by atoms with van der Waals surface area (Å²) in [4.78, 5) is 10.4. The van der Waals surface area contributed by atoms with Crippen molar-refractivity contribution in [2.45, 2.75) is 122 Å². The molecule has 0 unspecified atom stereocenters. The van der Waals surface area contributed by atoms with Crippen LogP contribution in [0.4, 0.5) is 0 Å². The smallest absolute Gasteiger partial charge is 0.303 e. The minimum Gasteiger partial charge on any atom is -0.481 e. The number of aliphatic hydroxyl groups is 1. The summed E-state index contributed by atoms with van der Waals surface area (Å²) < 4.78 is 0. The molecule has 0 spiro atoms. The highest BCUT2D eigenvalue weighted by Gasteiger charge is 1.97. The Morgan fingerprint density at radius 3 is 1.71 bits per heavy atom. The van der Waals surface area contributed by atoms with E-state index in [1.165, 1.54) is 57.8 Å². The van der Waals surface area contributed by atoms with Crippen LogP contribution in [0.15, 0.2) is 72.9 Å². The Hall–Kier alpha value is -2.13. The summed E-state index contributed by atoms with van der Waals surface area (Å²) in [5.74, 6) is -0.668. The van der Waals surface area contributed by atoms with Gasteiger partial charge in [-0.05, 0) is 51.4 Å². The zero-order chi connectivity index (χ0) is 25.7. The van der Waals surface area contributed by atoms with Crippen LogP contribution in [-0.2, 0) is 4.79 Å².